The van der Waals surface area contributed by atoms with Gasteiger partial charge in [0, 0.05) is 25.3 Å². The monoisotopic (exact) mass is 446 g/mol. The maximum Gasteiger partial charge on any atom is 0.407 e. The van der Waals surface area contributed by atoms with Crippen LogP contribution >= 0.6 is 0 Å². The Labute approximate surface area is 197 Å². The van der Waals surface area contributed by atoms with Gasteiger partial charge in [-0.1, -0.05) is 72.8 Å². The van der Waals surface area contributed by atoms with Gasteiger partial charge in [0.15, 0.2) is 0 Å². The van der Waals surface area contributed by atoms with Crippen LogP contribution in [0.15, 0.2) is 84.9 Å². The van der Waals surface area contributed by atoms with Gasteiger partial charge in [0.1, 0.15) is 5.60 Å². The summed E-state index contributed by atoms with van der Waals surface area (Å²) in [6, 6.07) is 28.3. The van der Waals surface area contributed by atoms with Gasteiger partial charge >= 0.3 is 6.09 Å². The molecule has 0 fully saturated rings. The molecule has 3 rings (SSSR count). The first-order chi connectivity index (χ1) is 15.8. The molecule has 0 aliphatic rings. The van der Waals surface area contributed by atoms with E-state index in [1.54, 1.807) is 0 Å². The van der Waals surface area contributed by atoms with Gasteiger partial charge in [-0.15, -0.1) is 0 Å². The molecule has 1 atom stereocenters. The highest BCUT2D eigenvalue weighted by molar-refractivity contribution is 5.67. The smallest absolute Gasteiger partial charge is 0.407 e. The largest absolute Gasteiger partial charge is 0.444 e. The van der Waals surface area contributed by atoms with Crippen molar-refractivity contribution in [3.05, 3.63) is 102 Å². The summed E-state index contributed by atoms with van der Waals surface area (Å²) in [6.45, 7) is 7.24. The van der Waals surface area contributed by atoms with Crippen LogP contribution in [0.2, 0.25) is 0 Å². The molecule has 0 aliphatic heterocycles. The van der Waals surface area contributed by atoms with Crippen LogP contribution in [0, 0.1) is 0 Å². The minimum absolute atomic E-state index is 0.400. The van der Waals surface area contributed by atoms with Gasteiger partial charge in [0.2, 0.25) is 0 Å². The summed E-state index contributed by atoms with van der Waals surface area (Å²) in [7, 11) is 0. The number of aliphatic hydroxyl groups excluding tert-OH is 1. The zero-order valence-electron chi connectivity index (χ0n) is 19.7. The molecule has 5 nitrogen and oxygen atoms in total. The lowest BCUT2D eigenvalue weighted by Crippen LogP contribution is -2.33. The molecule has 0 aromatic heterocycles. The summed E-state index contributed by atoms with van der Waals surface area (Å²) in [5.74, 6) is 0. The van der Waals surface area contributed by atoms with Crippen molar-refractivity contribution in [1.82, 2.24) is 5.32 Å². The van der Waals surface area contributed by atoms with E-state index in [1.165, 1.54) is 5.56 Å². The Bertz CT molecular complexity index is 983. The third-order valence-corrected chi connectivity index (χ3v) is 5.18. The average molecular weight is 447 g/mol. The summed E-state index contributed by atoms with van der Waals surface area (Å²) < 4.78 is 5.28. The van der Waals surface area contributed by atoms with Crippen LogP contribution < -0.4 is 10.2 Å². The Hall–Kier alpha value is -3.31. The number of nitrogens with zero attached hydrogens (tertiary/aromatic N) is 1. The molecule has 3 aromatic rings. The third kappa shape index (κ3) is 8.28. The molecular formula is C28H34N2O3. The predicted molar refractivity (Wildman–Crippen MR) is 133 cm³/mol. The third-order valence-electron chi connectivity index (χ3n) is 5.18. The minimum Gasteiger partial charge on any atom is -0.444 e. The normalized spacial score (nSPS) is 12.1. The van der Waals surface area contributed by atoms with Crippen molar-refractivity contribution in [3.8, 4) is 0 Å². The number of amides is 1. The van der Waals surface area contributed by atoms with Crippen molar-refractivity contribution < 1.29 is 14.6 Å². The summed E-state index contributed by atoms with van der Waals surface area (Å²) in [6.07, 6.45) is -0.277. The minimum atomic E-state index is -0.590. The Balaban J connectivity index is 1.65. The molecule has 1 amide bonds. The second-order valence-corrected chi connectivity index (χ2v) is 9.14. The fraction of sp³-hybridized carbons (Fsp3) is 0.321. The Kier molecular flexibility index (Phi) is 8.50. The number of alkyl carbamates (subject to hydrolysis) is 1. The highest BCUT2D eigenvalue weighted by atomic mass is 16.6. The summed E-state index contributed by atoms with van der Waals surface area (Å²) >= 11 is 0. The highest BCUT2D eigenvalue weighted by Gasteiger charge is 2.16. The first kappa shape index (κ1) is 24.3. The highest BCUT2D eigenvalue weighted by Crippen LogP contribution is 2.23. The van der Waals surface area contributed by atoms with Gasteiger partial charge in [-0.3, -0.25) is 0 Å². The molecule has 0 bridgehead atoms. The molecule has 0 saturated carbocycles. The van der Waals surface area contributed by atoms with Crippen LogP contribution in [0.1, 0.15) is 43.6 Å². The van der Waals surface area contributed by atoms with Crippen molar-refractivity contribution >= 4 is 11.8 Å². The Morgan fingerprint density at radius 2 is 1.52 bits per heavy atom. The molecule has 0 saturated heterocycles. The van der Waals surface area contributed by atoms with Crippen LogP contribution in [0.5, 0.6) is 0 Å². The molecule has 0 heterocycles. The van der Waals surface area contributed by atoms with Gasteiger partial charge in [0.25, 0.3) is 0 Å². The number of ether oxygens (including phenoxy) is 1. The number of anilines is 1. The molecule has 2 N–H and O–H groups in total. The van der Waals surface area contributed by atoms with Crippen LogP contribution in [0.25, 0.3) is 0 Å². The number of nitrogens with one attached hydrogen (secondary N) is 1. The van der Waals surface area contributed by atoms with Crippen molar-refractivity contribution in [2.45, 2.75) is 45.4 Å². The van der Waals surface area contributed by atoms with Crippen molar-refractivity contribution in [1.29, 1.82) is 0 Å². The van der Waals surface area contributed by atoms with E-state index in [0.29, 0.717) is 26.1 Å². The van der Waals surface area contributed by atoms with Crippen molar-refractivity contribution in [3.63, 3.8) is 0 Å². The number of hydrogen-bond acceptors (Lipinski definition) is 4. The van der Waals surface area contributed by atoms with E-state index < -0.39 is 17.8 Å². The summed E-state index contributed by atoms with van der Waals surface area (Å²) in [5.41, 5.74) is 3.75. The topological polar surface area (TPSA) is 61.8 Å². The number of aliphatic hydroxyl groups is 1. The SMILES string of the molecule is CC(C)(C)OC(=O)NCCc1ccc(N(Cc2ccccc2)C[C@@H](O)c2ccccc2)cc1. The van der Waals surface area contributed by atoms with Crippen LogP contribution in [0.3, 0.4) is 0 Å². The quantitative estimate of drug-likeness (QED) is 0.456. The zero-order chi connectivity index (χ0) is 23.7. The standard InChI is InChI=1S/C28H34N2O3/c1-28(2,3)33-27(32)29-19-18-22-14-16-25(17-15-22)30(20-23-10-6-4-7-11-23)21-26(31)24-12-8-5-9-13-24/h4-17,26,31H,18-21H2,1-3H3,(H,29,32)/t26-/m1/s1. The second-order valence-electron chi connectivity index (χ2n) is 9.14. The van der Waals surface area contributed by atoms with Crippen LogP contribution in [-0.4, -0.2) is 29.9 Å². The second kappa shape index (κ2) is 11.5. The number of benzene rings is 3. The van der Waals surface area contributed by atoms with Crippen molar-refractivity contribution in [2.24, 2.45) is 0 Å². The zero-order valence-corrected chi connectivity index (χ0v) is 19.7. The van der Waals surface area contributed by atoms with Crippen LogP contribution in [0.4, 0.5) is 10.5 Å². The van der Waals surface area contributed by atoms with Gasteiger partial charge in [0.05, 0.1) is 6.10 Å². The van der Waals surface area contributed by atoms with Gasteiger partial charge in [-0.25, -0.2) is 4.79 Å². The van der Waals surface area contributed by atoms with E-state index in [1.807, 2.05) is 69.3 Å². The molecule has 0 aliphatic carbocycles. The Morgan fingerprint density at radius 3 is 2.12 bits per heavy atom. The maximum absolute atomic E-state index is 11.8. The first-order valence-corrected chi connectivity index (χ1v) is 11.4. The average Bonchev–Trinajstić information content (AvgIpc) is 2.79. The Morgan fingerprint density at radius 1 is 0.909 bits per heavy atom. The van der Waals surface area contributed by atoms with Gasteiger partial charge < -0.3 is 20.1 Å². The lowest BCUT2D eigenvalue weighted by Gasteiger charge is -2.28. The molecule has 0 unspecified atom stereocenters. The number of carbonyl (C=O) groups is 1. The van der Waals surface area contributed by atoms with E-state index in [0.717, 1.165) is 16.8 Å². The van der Waals surface area contributed by atoms with E-state index in [-0.39, 0.29) is 0 Å². The maximum atomic E-state index is 11.8. The molecule has 0 spiro atoms. The summed E-state index contributed by atoms with van der Waals surface area (Å²) in [5, 5.41) is 13.6. The molecule has 3 aromatic carbocycles. The van der Waals surface area contributed by atoms with E-state index in [2.05, 4.69) is 46.6 Å². The first-order valence-electron chi connectivity index (χ1n) is 11.4. The lowest BCUT2D eigenvalue weighted by atomic mass is 10.1. The number of rotatable bonds is 9. The van der Waals surface area contributed by atoms with E-state index in [4.69, 9.17) is 4.74 Å². The predicted octanol–water partition coefficient (Wildman–Crippen LogP) is 5.49. The molecule has 0 radical (unpaired) electrons. The molecule has 33 heavy (non-hydrogen) atoms. The van der Waals surface area contributed by atoms with Gasteiger partial charge in [-0.2, -0.15) is 0 Å². The summed E-state index contributed by atoms with van der Waals surface area (Å²) in [4.78, 5) is 14.0. The molecule has 5 heteroatoms. The number of hydrogen-bond donors (Lipinski definition) is 2. The fourth-order valence-electron chi connectivity index (χ4n) is 3.55. The lowest BCUT2D eigenvalue weighted by molar-refractivity contribution is 0.0528. The van der Waals surface area contributed by atoms with Gasteiger partial charge in [-0.05, 0) is 56.0 Å². The fourth-order valence-corrected chi connectivity index (χ4v) is 3.55. The molecular weight excluding hydrogens is 412 g/mol. The van der Waals surface area contributed by atoms with Crippen LogP contribution in [-0.2, 0) is 17.7 Å². The van der Waals surface area contributed by atoms with Crippen molar-refractivity contribution in [2.75, 3.05) is 18.0 Å². The van der Waals surface area contributed by atoms with E-state index >= 15 is 0 Å². The number of carbonyl (C=O) groups excluding carboxylic acids is 1. The van der Waals surface area contributed by atoms with E-state index in [9.17, 15) is 9.90 Å². The molecule has 174 valence electrons.